The number of carbonyl (C=O) groups excluding carboxylic acids is 2. The SMILES string of the molecule is CCCCn1nnnc1CN1C(=O)N[C@@]2(CCCC[C@H]2C)C1=O. The molecule has 1 aromatic rings. The van der Waals surface area contributed by atoms with Crippen LogP contribution in [0.4, 0.5) is 4.79 Å². The predicted molar refractivity (Wildman–Crippen MR) is 82.2 cm³/mol. The minimum Gasteiger partial charge on any atom is -0.323 e. The van der Waals surface area contributed by atoms with Crippen LogP contribution >= 0.6 is 0 Å². The number of unbranched alkanes of at least 4 members (excludes halogenated alkanes) is 1. The molecular formula is C15H24N6O2. The van der Waals surface area contributed by atoms with Gasteiger partial charge in [0.1, 0.15) is 5.54 Å². The average Bonchev–Trinajstić information content (AvgIpc) is 3.07. The van der Waals surface area contributed by atoms with Gasteiger partial charge in [-0.15, -0.1) is 5.10 Å². The Morgan fingerprint density at radius 1 is 1.35 bits per heavy atom. The number of hydrogen-bond acceptors (Lipinski definition) is 5. The zero-order chi connectivity index (χ0) is 16.4. The molecule has 1 aromatic heterocycles. The van der Waals surface area contributed by atoms with E-state index < -0.39 is 5.54 Å². The molecule has 3 rings (SSSR count). The second-order valence-corrected chi connectivity index (χ2v) is 6.61. The molecule has 23 heavy (non-hydrogen) atoms. The van der Waals surface area contributed by atoms with E-state index in [2.05, 4.69) is 27.8 Å². The number of carbonyl (C=O) groups is 2. The number of tetrazole rings is 1. The molecule has 1 spiro atoms. The van der Waals surface area contributed by atoms with Gasteiger partial charge in [0.2, 0.25) is 0 Å². The fourth-order valence-corrected chi connectivity index (χ4v) is 3.60. The second kappa shape index (κ2) is 6.25. The molecule has 2 aliphatic rings. The number of aromatic nitrogens is 4. The summed E-state index contributed by atoms with van der Waals surface area (Å²) in [6.07, 6.45) is 5.76. The van der Waals surface area contributed by atoms with Gasteiger partial charge < -0.3 is 5.32 Å². The summed E-state index contributed by atoms with van der Waals surface area (Å²) in [5, 5.41) is 14.6. The highest BCUT2D eigenvalue weighted by Gasteiger charge is 2.55. The molecule has 3 amide bonds. The molecule has 0 unspecified atom stereocenters. The second-order valence-electron chi connectivity index (χ2n) is 6.61. The number of nitrogens with zero attached hydrogens (tertiary/aromatic N) is 5. The summed E-state index contributed by atoms with van der Waals surface area (Å²) >= 11 is 0. The Morgan fingerprint density at radius 2 is 2.17 bits per heavy atom. The fraction of sp³-hybridized carbons (Fsp3) is 0.800. The molecule has 2 heterocycles. The van der Waals surface area contributed by atoms with Crippen molar-refractivity contribution in [2.75, 3.05) is 0 Å². The van der Waals surface area contributed by atoms with Gasteiger partial charge in [-0.25, -0.2) is 9.48 Å². The van der Waals surface area contributed by atoms with E-state index in [1.165, 1.54) is 4.90 Å². The average molecular weight is 320 g/mol. The van der Waals surface area contributed by atoms with Gasteiger partial charge in [0, 0.05) is 6.54 Å². The maximum Gasteiger partial charge on any atom is 0.325 e. The van der Waals surface area contributed by atoms with Crippen LogP contribution in [0.5, 0.6) is 0 Å². The Kier molecular flexibility index (Phi) is 4.32. The number of nitrogens with one attached hydrogen (secondary N) is 1. The molecule has 1 saturated heterocycles. The third kappa shape index (κ3) is 2.70. The first-order valence-corrected chi connectivity index (χ1v) is 8.47. The lowest BCUT2D eigenvalue weighted by atomic mass is 9.73. The van der Waals surface area contributed by atoms with Gasteiger partial charge in [0.05, 0.1) is 6.54 Å². The molecule has 1 aliphatic heterocycles. The third-order valence-electron chi connectivity index (χ3n) is 5.13. The van der Waals surface area contributed by atoms with Crippen molar-refractivity contribution in [3.63, 3.8) is 0 Å². The van der Waals surface area contributed by atoms with E-state index in [0.29, 0.717) is 12.4 Å². The van der Waals surface area contributed by atoms with Gasteiger partial charge in [-0.3, -0.25) is 9.69 Å². The van der Waals surface area contributed by atoms with Crippen molar-refractivity contribution < 1.29 is 9.59 Å². The Bertz CT molecular complexity index is 601. The third-order valence-corrected chi connectivity index (χ3v) is 5.13. The normalized spacial score (nSPS) is 27.7. The van der Waals surface area contributed by atoms with Crippen LogP contribution in [0.1, 0.15) is 58.2 Å². The molecule has 1 aliphatic carbocycles. The summed E-state index contributed by atoms with van der Waals surface area (Å²) in [7, 11) is 0. The highest BCUT2D eigenvalue weighted by Crippen LogP contribution is 2.38. The van der Waals surface area contributed by atoms with Crippen LogP contribution in [0.25, 0.3) is 0 Å². The molecule has 1 saturated carbocycles. The highest BCUT2D eigenvalue weighted by molar-refractivity contribution is 6.07. The van der Waals surface area contributed by atoms with Crippen LogP contribution in [0.3, 0.4) is 0 Å². The molecule has 1 N–H and O–H groups in total. The van der Waals surface area contributed by atoms with Crippen molar-refractivity contribution >= 4 is 11.9 Å². The lowest BCUT2D eigenvalue weighted by Gasteiger charge is -2.36. The predicted octanol–water partition coefficient (Wildman–Crippen LogP) is 1.47. The zero-order valence-corrected chi connectivity index (χ0v) is 13.8. The first-order valence-electron chi connectivity index (χ1n) is 8.47. The molecule has 126 valence electrons. The number of hydrogen-bond donors (Lipinski definition) is 1. The molecule has 0 bridgehead atoms. The van der Waals surface area contributed by atoms with Crippen LogP contribution in [0.2, 0.25) is 0 Å². The first-order chi connectivity index (χ1) is 11.1. The smallest absolute Gasteiger partial charge is 0.323 e. The number of imide groups is 1. The van der Waals surface area contributed by atoms with Crippen LogP contribution in [-0.2, 0) is 17.9 Å². The van der Waals surface area contributed by atoms with E-state index in [4.69, 9.17) is 0 Å². The van der Waals surface area contributed by atoms with Crippen LogP contribution < -0.4 is 5.32 Å². The van der Waals surface area contributed by atoms with Crippen molar-refractivity contribution in [2.24, 2.45) is 5.92 Å². The maximum atomic E-state index is 12.9. The summed E-state index contributed by atoms with van der Waals surface area (Å²) in [5.41, 5.74) is -0.725. The lowest BCUT2D eigenvalue weighted by Crippen LogP contribution is -2.53. The number of rotatable bonds is 5. The largest absolute Gasteiger partial charge is 0.325 e. The minimum atomic E-state index is -0.725. The Morgan fingerprint density at radius 3 is 2.91 bits per heavy atom. The number of aryl methyl sites for hydroxylation is 1. The molecule has 0 aromatic carbocycles. The van der Waals surface area contributed by atoms with Crippen molar-refractivity contribution in [2.45, 2.75) is 71.0 Å². The van der Waals surface area contributed by atoms with Gasteiger partial charge in [0.25, 0.3) is 5.91 Å². The Hall–Kier alpha value is -1.99. The van der Waals surface area contributed by atoms with E-state index in [1.54, 1.807) is 4.68 Å². The maximum absolute atomic E-state index is 12.9. The van der Waals surface area contributed by atoms with E-state index in [-0.39, 0.29) is 24.4 Å². The lowest BCUT2D eigenvalue weighted by molar-refractivity contribution is -0.134. The molecule has 8 heteroatoms. The van der Waals surface area contributed by atoms with E-state index in [1.807, 2.05) is 6.92 Å². The van der Waals surface area contributed by atoms with E-state index in [0.717, 1.165) is 38.5 Å². The van der Waals surface area contributed by atoms with Crippen molar-refractivity contribution in [1.82, 2.24) is 30.4 Å². The summed E-state index contributed by atoms with van der Waals surface area (Å²) in [6, 6.07) is -0.325. The van der Waals surface area contributed by atoms with Crippen molar-refractivity contribution in [3.05, 3.63) is 5.82 Å². The van der Waals surface area contributed by atoms with Gasteiger partial charge in [-0.1, -0.05) is 33.1 Å². The summed E-state index contributed by atoms with van der Waals surface area (Å²) in [6.45, 7) is 4.97. The number of urea groups is 1. The summed E-state index contributed by atoms with van der Waals surface area (Å²) < 4.78 is 1.68. The van der Waals surface area contributed by atoms with Gasteiger partial charge in [-0.2, -0.15) is 0 Å². The monoisotopic (exact) mass is 320 g/mol. The van der Waals surface area contributed by atoms with Crippen LogP contribution in [-0.4, -0.2) is 42.6 Å². The van der Waals surface area contributed by atoms with Gasteiger partial charge in [-0.05, 0) is 35.6 Å². The minimum absolute atomic E-state index is 0.125. The van der Waals surface area contributed by atoms with Crippen LogP contribution in [0.15, 0.2) is 0 Å². The first kappa shape index (κ1) is 15.9. The quantitative estimate of drug-likeness (QED) is 0.829. The molecule has 8 nitrogen and oxygen atoms in total. The van der Waals surface area contributed by atoms with Gasteiger partial charge in [0.15, 0.2) is 5.82 Å². The topological polar surface area (TPSA) is 93.0 Å². The summed E-state index contributed by atoms with van der Waals surface area (Å²) in [4.78, 5) is 26.6. The van der Waals surface area contributed by atoms with E-state index in [9.17, 15) is 9.59 Å². The standard InChI is InChI=1S/C15H24N6O2/c1-3-4-9-21-12(17-18-19-21)10-20-13(22)15(16-14(20)23)8-6-5-7-11(15)2/h11H,3-10H2,1-2H3,(H,16,23)/t11-,15-/m1/s1. The van der Waals surface area contributed by atoms with Crippen LogP contribution in [0, 0.1) is 5.92 Å². The molecule has 0 radical (unpaired) electrons. The van der Waals surface area contributed by atoms with Crippen molar-refractivity contribution in [3.8, 4) is 0 Å². The van der Waals surface area contributed by atoms with Gasteiger partial charge >= 0.3 is 6.03 Å². The number of amides is 3. The Labute approximate surface area is 135 Å². The fourth-order valence-electron chi connectivity index (χ4n) is 3.60. The Balaban J connectivity index is 1.77. The van der Waals surface area contributed by atoms with E-state index >= 15 is 0 Å². The summed E-state index contributed by atoms with van der Waals surface area (Å²) in [5.74, 6) is 0.594. The molecular weight excluding hydrogens is 296 g/mol. The highest BCUT2D eigenvalue weighted by atomic mass is 16.2. The molecule has 2 fully saturated rings. The zero-order valence-electron chi connectivity index (χ0n) is 13.8. The van der Waals surface area contributed by atoms with Crippen molar-refractivity contribution in [1.29, 1.82) is 0 Å². The molecule has 2 atom stereocenters.